The summed E-state index contributed by atoms with van der Waals surface area (Å²) in [5.74, 6) is -0.168. The number of benzene rings is 1. The van der Waals surface area contributed by atoms with Gasteiger partial charge in [-0.15, -0.1) is 12.4 Å². The molecule has 3 rings (SSSR count). The molecule has 1 aromatic rings. The van der Waals surface area contributed by atoms with Crippen molar-refractivity contribution in [3.8, 4) is 0 Å². The average Bonchev–Trinajstić information content (AvgIpc) is 3.10. The van der Waals surface area contributed by atoms with E-state index < -0.39 is 11.7 Å². The third-order valence-corrected chi connectivity index (χ3v) is 5.08. The Labute approximate surface area is 145 Å². The van der Waals surface area contributed by atoms with Gasteiger partial charge in [0, 0.05) is 17.9 Å². The number of rotatable bonds is 4. The molecule has 3 nitrogen and oxygen atoms in total. The van der Waals surface area contributed by atoms with Gasteiger partial charge in [0.15, 0.2) is 0 Å². The first-order valence-electron chi connectivity index (χ1n) is 8.08. The first-order chi connectivity index (χ1) is 10.9. The summed E-state index contributed by atoms with van der Waals surface area (Å²) in [4.78, 5) is 12.3. The van der Waals surface area contributed by atoms with E-state index in [1.807, 2.05) is 0 Å². The summed E-state index contributed by atoms with van der Waals surface area (Å²) >= 11 is 0. The highest BCUT2D eigenvalue weighted by molar-refractivity contribution is 5.85. The lowest BCUT2D eigenvalue weighted by Gasteiger charge is -2.18. The van der Waals surface area contributed by atoms with Gasteiger partial charge in [-0.3, -0.25) is 4.79 Å². The van der Waals surface area contributed by atoms with Gasteiger partial charge in [0.2, 0.25) is 5.91 Å². The molecule has 0 spiro atoms. The SMILES string of the molecule is Cl.NC[C@H]1CCC[C@H]1C(=O)NC1CC1c1ccccc1C(F)(F)F. The van der Waals surface area contributed by atoms with E-state index in [9.17, 15) is 18.0 Å². The summed E-state index contributed by atoms with van der Waals surface area (Å²) in [7, 11) is 0. The van der Waals surface area contributed by atoms with Crippen LogP contribution >= 0.6 is 12.4 Å². The first kappa shape index (κ1) is 19.1. The number of nitrogens with two attached hydrogens (primary N) is 1. The lowest BCUT2D eigenvalue weighted by atomic mass is 9.95. The van der Waals surface area contributed by atoms with E-state index in [-0.39, 0.29) is 47.7 Å². The number of nitrogens with one attached hydrogen (secondary N) is 1. The summed E-state index contributed by atoms with van der Waals surface area (Å²) in [6, 6.07) is 5.44. The smallest absolute Gasteiger partial charge is 0.352 e. The molecule has 0 aromatic heterocycles. The van der Waals surface area contributed by atoms with Crippen LogP contribution in [0.2, 0.25) is 0 Å². The topological polar surface area (TPSA) is 55.1 Å². The maximum Gasteiger partial charge on any atom is 0.416 e. The third-order valence-electron chi connectivity index (χ3n) is 5.08. The van der Waals surface area contributed by atoms with E-state index in [0.717, 1.165) is 25.3 Å². The zero-order valence-electron chi connectivity index (χ0n) is 13.2. The molecular formula is C17H22ClF3N2O. The molecule has 0 aliphatic heterocycles. The molecule has 2 aliphatic carbocycles. The Morgan fingerprint density at radius 1 is 1.25 bits per heavy atom. The third kappa shape index (κ3) is 3.86. The molecule has 3 N–H and O–H groups in total. The fraction of sp³-hybridized carbons (Fsp3) is 0.588. The van der Waals surface area contributed by atoms with Crippen molar-refractivity contribution in [2.45, 2.75) is 43.8 Å². The van der Waals surface area contributed by atoms with Crippen molar-refractivity contribution in [1.29, 1.82) is 0 Å². The predicted molar refractivity (Wildman–Crippen MR) is 87.9 cm³/mol. The molecule has 0 bridgehead atoms. The minimum atomic E-state index is -4.36. The summed E-state index contributed by atoms with van der Waals surface area (Å²) < 4.78 is 39.2. The van der Waals surface area contributed by atoms with Gasteiger partial charge in [-0.1, -0.05) is 24.6 Å². The van der Waals surface area contributed by atoms with Gasteiger partial charge in [0.05, 0.1) is 5.56 Å². The molecule has 2 fully saturated rings. The highest BCUT2D eigenvalue weighted by atomic mass is 35.5. The van der Waals surface area contributed by atoms with Crippen LogP contribution in [0, 0.1) is 11.8 Å². The zero-order valence-corrected chi connectivity index (χ0v) is 14.0. The summed E-state index contributed by atoms with van der Waals surface area (Å²) in [5, 5.41) is 2.93. The van der Waals surface area contributed by atoms with E-state index in [1.165, 1.54) is 12.1 Å². The van der Waals surface area contributed by atoms with Crippen molar-refractivity contribution in [3.05, 3.63) is 35.4 Å². The first-order valence-corrected chi connectivity index (χ1v) is 8.08. The van der Waals surface area contributed by atoms with Crippen LogP contribution in [0.25, 0.3) is 0 Å². The Bertz CT molecular complexity index is 593. The standard InChI is InChI=1S/C17H21F3N2O.ClH/c18-17(19,20)14-7-2-1-5-12(14)13-8-15(13)22-16(23)11-6-3-4-10(11)9-21;/h1-2,5,7,10-11,13,15H,3-4,6,8-9,21H2,(H,22,23);1H/t10-,11-,13?,15?;/m1./s1. The Hall–Kier alpha value is -1.27. The fourth-order valence-corrected chi connectivity index (χ4v) is 3.73. The Kier molecular flexibility index (Phi) is 5.81. The van der Waals surface area contributed by atoms with E-state index >= 15 is 0 Å². The second-order valence-corrected chi connectivity index (χ2v) is 6.58. The van der Waals surface area contributed by atoms with Crippen LogP contribution in [0.15, 0.2) is 24.3 Å². The van der Waals surface area contributed by atoms with Crippen molar-refractivity contribution in [3.63, 3.8) is 0 Å². The lowest BCUT2D eigenvalue weighted by molar-refractivity contribution is -0.138. The van der Waals surface area contributed by atoms with Gasteiger partial charge < -0.3 is 11.1 Å². The highest BCUT2D eigenvalue weighted by Crippen LogP contribution is 2.46. The van der Waals surface area contributed by atoms with E-state index in [0.29, 0.717) is 13.0 Å². The number of carbonyl (C=O) groups is 1. The Morgan fingerprint density at radius 2 is 1.96 bits per heavy atom. The van der Waals surface area contributed by atoms with Crippen LogP contribution in [0.4, 0.5) is 13.2 Å². The van der Waals surface area contributed by atoms with Gasteiger partial charge in [-0.2, -0.15) is 13.2 Å². The van der Waals surface area contributed by atoms with Crippen LogP contribution in [-0.4, -0.2) is 18.5 Å². The molecule has 2 aliphatic rings. The van der Waals surface area contributed by atoms with Gasteiger partial charge in [0.25, 0.3) is 0 Å². The number of hydrogen-bond donors (Lipinski definition) is 2. The van der Waals surface area contributed by atoms with Crippen LogP contribution in [0.3, 0.4) is 0 Å². The minimum Gasteiger partial charge on any atom is -0.352 e. The Balaban J connectivity index is 0.00000208. The van der Waals surface area contributed by atoms with Crippen LogP contribution in [-0.2, 0) is 11.0 Å². The highest BCUT2D eigenvalue weighted by Gasteiger charge is 2.46. The number of alkyl halides is 3. The number of halogens is 4. The molecule has 0 saturated heterocycles. The molecule has 2 saturated carbocycles. The van der Waals surface area contributed by atoms with Crippen molar-refractivity contribution < 1.29 is 18.0 Å². The number of amides is 1. The van der Waals surface area contributed by atoms with Crippen molar-refractivity contribution in [2.75, 3.05) is 6.54 Å². The number of hydrogen-bond acceptors (Lipinski definition) is 2. The molecule has 7 heteroatoms. The summed E-state index contributed by atoms with van der Waals surface area (Å²) in [6.07, 6.45) is -1.02. The fourth-order valence-electron chi connectivity index (χ4n) is 3.73. The second kappa shape index (κ2) is 7.31. The summed E-state index contributed by atoms with van der Waals surface area (Å²) in [6.45, 7) is 0.489. The monoisotopic (exact) mass is 362 g/mol. The zero-order chi connectivity index (χ0) is 16.6. The molecule has 134 valence electrons. The maximum atomic E-state index is 13.1. The molecule has 4 atom stereocenters. The van der Waals surface area contributed by atoms with Crippen molar-refractivity contribution in [1.82, 2.24) is 5.32 Å². The Morgan fingerprint density at radius 3 is 2.62 bits per heavy atom. The van der Waals surface area contributed by atoms with Crippen molar-refractivity contribution >= 4 is 18.3 Å². The van der Waals surface area contributed by atoms with Gasteiger partial charge >= 0.3 is 6.18 Å². The molecule has 2 unspecified atom stereocenters. The largest absolute Gasteiger partial charge is 0.416 e. The summed E-state index contributed by atoms with van der Waals surface area (Å²) in [5.41, 5.74) is 5.38. The molecule has 1 amide bonds. The quantitative estimate of drug-likeness (QED) is 0.861. The average molecular weight is 363 g/mol. The van der Waals surface area contributed by atoms with Crippen LogP contribution < -0.4 is 11.1 Å². The minimum absolute atomic E-state index is 0. The van der Waals surface area contributed by atoms with Gasteiger partial charge in [-0.25, -0.2) is 0 Å². The number of carbonyl (C=O) groups excluding carboxylic acids is 1. The predicted octanol–water partition coefficient (Wildman–Crippen LogP) is 3.47. The normalized spacial score (nSPS) is 29.0. The van der Waals surface area contributed by atoms with E-state index in [2.05, 4.69) is 5.32 Å². The van der Waals surface area contributed by atoms with Crippen LogP contribution in [0.1, 0.15) is 42.7 Å². The van der Waals surface area contributed by atoms with Gasteiger partial charge in [0.1, 0.15) is 0 Å². The molecule has 1 aromatic carbocycles. The molecule has 0 heterocycles. The second-order valence-electron chi connectivity index (χ2n) is 6.58. The van der Waals surface area contributed by atoms with E-state index in [1.54, 1.807) is 6.07 Å². The van der Waals surface area contributed by atoms with E-state index in [4.69, 9.17) is 5.73 Å². The van der Waals surface area contributed by atoms with Gasteiger partial charge in [-0.05, 0) is 43.4 Å². The maximum absolute atomic E-state index is 13.1. The molecule has 0 radical (unpaired) electrons. The molecular weight excluding hydrogens is 341 g/mol. The van der Waals surface area contributed by atoms with Crippen molar-refractivity contribution in [2.24, 2.45) is 17.6 Å². The lowest BCUT2D eigenvalue weighted by Crippen LogP contribution is -2.36. The van der Waals surface area contributed by atoms with Crippen LogP contribution in [0.5, 0.6) is 0 Å². The molecule has 24 heavy (non-hydrogen) atoms.